The van der Waals surface area contributed by atoms with Crippen LogP contribution in [0.3, 0.4) is 0 Å². The molecule has 4 nitrogen and oxygen atoms in total. The lowest BCUT2D eigenvalue weighted by atomic mass is 10.3. The molecule has 0 saturated carbocycles. The predicted octanol–water partition coefficient (Wildman–Crippen LogP) is 1.15. The van der Waals surface area contributed by atoms with Crippen LogP contribution in [0, 0.1) is 0 Å². The summed E-state index contributed by atoms with van der Waals surface area (Å²) in [5, 5.41) is 0. The number of carbonyl (C=O) groups is 1. The van der Waals surface area contributed by atoms with Gasteiger partial charge < -0.3 is 4.57 Å². The molecule has 0 unspecified atom stereocenters. The van der Waals surface area contributed by atoms with Gasteiger partial charge in [0.2, 0.25) is 0 Å². The average Bonchev–Trinajstić information content (AvgIpc) is 2.25. The molecule has 1 aromatic heterocycles. The summed E-state index contributed by atoms with van der Waals surface area (Å²) in [6.45, 7) is -0.857. The van der Waals surface area contributed by atoms with E-state index in [0.29, 0.717) is 6.29 Å². The Morgan fingerprint density at radius 3 is 2.67 bits per heavy atom. The lowest BCUT2D eigenvalue weighted by Gasteiger charge is -2.18. The first-order valence-corrected chi connectivity index (χ1v) is 5.23. The molecule has 1 heterocycles. The molecule has 1 aromatic rings. The number of halogens is 3. The standard InChI is InChI=1S/C11H13F3N2O2/c1-15(8-11(12,13)14)5-6-16-4-2-3-9(7-17)10(16)18/h2-4,7H,5-6,8H2,1H3. The monoisotopic (exact) mass is 262 g/mol. The van der Waals surface area contributed by atoms with E-state index in [9.17, 15) is 22.8 Å². The van der Waals surface area contributed by atoms with Gasteiger partial charge in [-0.2, -0.15) is 13.2 Å². The van der Waals surface area contributed by atoms with Gasteiger partial charge in [0.15, 0.2) is 6.29 Å². The Labute approximate surface area is 102 Å². The first-order valence-electron chi connectivity index (χ1n) is 5.23. The van der Waals surface area contributed by atoms with Crippen LogP contribution in [0.15, 0.2) is 23.1 Å². The van der Waals surface area contributed by atoms with E-state index in [4.69, 9.17) is 0 Å². The zero-order chi connectivity index (χ0) is 13.8. The van der Waals surface area contributed by atoms with Crippen LogP contribution in [0.25, 0.3) is 0 Å². The minimum atomic E-state index is -4.26. The number of aldehydes is 1. The molecule has 7 heteroatoms. The molecule has 0 amide bonds. The zero-order valence-corrected chi connectivity index (χ0v) is 9.78. The smallest absolute Gasteiger partial charge is 0.314 e. The van der Waals surface area contributed by atoms with E-state index in [0.717, 1.165) is 4.90 Å². The molecule has 100 valence electrons. The summed E-state index contributed by atoms with van der Waals surface area (Å²) in [5.41, 5.74) is -0.496. The van der Waals surface area contributed by atoms with Crippen molar-refractivity contribution in [2.75, 3.05) is 20.1 Å². The van der Waals surface area contributed by atoms with E-state index in [1.165, 1.54) is 29.9 Å². The molecule has 0 aliphatic heterocycles. The largest absolute Gasteiger partial charge is 0.401 e. The van der Waals surface area contributed by atoms with Crippen molar-refractivity contribution in [1.82, 2.24) is 9.47 Å². The Morgan fingerprint density at radius 2 is 2.11 bits per heavy atom. The lowest BCUT2D eigenvalue weighted by molar-refractivity contribution is -0.143. The molecule has 0 bridgehead atoms. The summed E-state index contributed by atoms with van der Waals surface area (Å²) in [5.74, 6) is 0. The summed E-state index contributed by atoms with van der Waals surface area (Å²) in [6.07, 6.45) is -2.39. The molecular weight excluding hydrogens is 249 g/mol. The molecule has 0 aliphatic rings. The number of nitrogens with zero attached hydrogens (tertiary/aromatic N) is 2. The molecule has 0 aromatic carbocycles. The molecular formula is C11H13F3N2O2. The van der Waals surface area contributed by atoms with Gasteiger partial charge in [0.05, 0.1) is 12.1 Å². The highest BCUT2D eigenvalue weighted by atomic mass is 19.4. The van der Waals surface area contributed by atoms with Gasteiger partial charge in [-0.15, -0.1) is 0 Å². The van der Waals surface area contributed by atoms with Gasteiger partial charge in [0.25, 0.3) is 5.56 Å². The van der Waals surface area contributed by atoms with Crippen molar-refractivity contribution in [2.45, 2.75) is 12.7 Å². The van der Waals surface area contributed by atoms with Crippen molar-refractivity contribution in [3.05, 3.63) is 34.2 Å². The molecule has 0 N–H and O–H groups in total. The van der Waals surface area contributed by atoms with Crippen LogP contribution >= 0.6 is 0 Å². The van der Waals surface area contributed by atoms with Crippen LogP contribution in [-0.4, -0.2) is 42.1 Å². The summed E-state index contributed by atoms with van der Waals surface area (Å²) in [6, 6.07) is 2.88. The first kappa shape index (κ1) is 14.4. The fraction of sp³-hybridized carbons (Fsp3) is 0.455. The Bertz CT molecular complexity index is 468. The second-order valence-electron chi connectivity index (χ2n) is 3.93. The Morgan fingerprint density at radius 1 is 1.44 bits per heavy atom. The van der Waals surface area contributed by atoms with Gasteiger partial charge >= 0.3 is 6.18 Å². The fourth-order valence-electron chi connectivity index (χ4n) is 1.48. The van der Waals surface area contributed by atoms with Gasteiger partial charge in [0, 0.05) is 19.3 Å². The fourth-order valence-corrected chi connectivity index (χ4v) is 1.48. The average molecular weight is 262 g/mol. The molecule has 0 fully saturated rings. The molecule has 0 atom stereocenters. The second kappa shape index (κ2) is 5.81. The maximum Gasteiger partial charge on any atom is 0.401 e. The number of alkyl halides is 3. The van der Waals surface area contributed by atoms with Gasteiger partial charge in [-0.1, -0.05) is 0 Å². The van der Waals surface area contributed by atoms with E-state index in [2.05, 4.69) is 0 Å². The number of rotatable bonds is 5. The van der Waals surface area contributed by atoms with Crippen molar-refractivity contribution < 1.29 is 18.0 Å². The number of aromatic nitrogens is 1. The minimum Gasteiger partial charge on any atom is -0.314 e. The zero-order valence-electron chi connectivity index (χ0n) is 9.78. The number of hydrogen-bond donors (Lipinski definition) is 0. The van der Waals surface area contributed by atoms with Gasteiger partial charge in [0.1, 0.15) is 0 Å². The molecule has 0 aliphatic carbocycles. The third-order valence-corrected chi connectivity index (χ3v) is 2.35. The lowest BCUT2D eigenvalue weighted by Crippen LogP contribution is -2.35. The Balaban J connectivity index is 2.64. The Hall–Kier alpha value is -1.63. The summed E-state index contributed by atoms with van der Waals surface area (Å²) in [7, 11) is 1.32. The normalized spacial score (nSPS) is 11.8. The SMILES string of the molecule is CN(CCn1cccc(C=O)c1=O)CC(F)(F)F. The highest BCUT2D eigenvalue weighted by Crippen LogP contribution is 2.15. The maximum absolute atomic E-state index is 12.1. The molecule has 0 saturated heterocycles. The van der Waals surface area contributed by atoms with Crippen LogP contribution in [0.5, 0.6) is 0 Å². The van der Waals surface area contributed by atoms with Crippen molar-refractivity contribution in [3.63, 3.8) is 0 Å². The van der Waals surface area contributed by atoms with Crippen LogP contribution < -0.4 is 5.56 Å². The van der Waals surface area contributed by atoms with Crippen LogP contribution in [0.2, 0.25) is 0 Å². The third kappa shape index (κ3) is 4.33. The third-order valence-electron chi connectivity index (χ3n) is 2.35. The van der Waals surface area contributed by atoms with E-state index in [1.54, 1.807) is 0 Å². The van der Waals surface area contributed by atoms with Crippen LogP contribution in [-0.2, 0) is 6.54 Å². The van der Waals surface area contributed by atoms with Gasteiger partial charge in [-0.25, -0.2) is 0 Å². The molecule has 0 spiro atoms. The van der Waals surface area contributed by atoms with E-state index < -0.39 is 18.3 Å². The van der Waals surface area contributed by atoms with Crippen molar-refractivity contribution in [1.29, 1.82) is 0 Å². The summed E-state index contributed by atoms with van der Waals surface area (Å²) in [4.78, 5) is 23.2. The van der Waals surface area contributed by atoms with Gasteiger partial charge in [-0.05, 0) is 19.2 Å². The quantitative estimate of drug-likeness (QED) is 0.748. The first-order chi connectivity index (χ1) is 8.33. The highest BCUT2D eigenvalue weighted by molar-refractivity contribution is 5.73. The predicted molar refractivity (Wildman–Crippen MR) is 59.6 cm³/mol. The van der Waals surface area contributed by atoms with Crippen molar-refractivity contribution in [3.8, 4) is 0 Å². The van der Waals surface area contributed by atoms with E-state index in [-0.39, 0.29) is 18.7 Å². The van der Waals surface area contributed by atoms with Crippen LogP contribution in [0.1, 0.15) is 10.4 Å². The number of pyridine rings is 1. The maximum atomic E-state index is 12.1. The topological polar surface area (TPSA) is 42.3 Å². The minimum absolute atomic E-state index is 0.00373. The highest BCUT2D eigenvalue weighted by Gasteiger charge is 2.28. The van der Waals surface area contributed by atoms with E-state index >= 15 is 0 Å². The van der Waals surface area contributed by atoms with E-state index in [1.807, 2.05) is 0 Å². The second-order valence-corrected chi connectivity index (χ2v) is 3.93. The summed E-state index contributed by atoms with van der Waals surface area (Å²) < 4.78 is 37.4. The molecule has 0 radical (unpaired) electrons. The summed E-state index contributed by atoms with van der Waals surface area (Å²) >= 11 is 0. The number of carbonyl (C=O) groups excluding carboxylic acids is 1. The Kier molecular flexibility index (Phi) is 4.66. The number of likely N-dealkylation sites (N-methyl/N-ethyl adjacent to an activating group) is 1. The number of hydrogen-bond acceptors (Lipinski definition) is 3. The van der Waals surface area contributed by atoms with Gasteiger partial charge in [-0.3, -0.25) is 14.5 Å². The van der Waals surface area contributed by atoms with Crippen molar-refractivity contribution >= 4 is 6.29 Å². The van der Waals surface area contributed by atoms with Crippen molar-refractivity contribution in [2.24, 2.45) is 0 Å². The molecule has 1 rings (SSSR count). The van der Waals surface area contributed by atoms with Crippen LogP contribution in [0.4, 0.5) is 13.2 Å². The molecule has 18 heavy (non-hydrogen) atoms.